The van der Waals surface area contributed by atoms with Crippen molar-refractivity contribution in [1.29, 1.82) is 5.26 Å². The Kier molecular flexibility index (Phi) is 3.87. The summed E-state index contributed by atoms with van der Waals surface area (Å²) in [7, 11) is 0. The number of hydrogen-bond donors (Lipinski definition) is 2. The molecule has 19 heavy (non-hydrogen) atoms. The predicted molar refractivity (Wildman–Crippen MR) is 74.7 cm³/mol. The molecule has 0 saturated carbocycles. The lowest BCUT2D eigenvalue weighted by molar-refractivity contribution is -0.119. The summed E-state index contributed by atoms with van der Waals surface area (Å²) in [5.74, 6) is 0.132. The first-order chi connectivity index (χ1) is 9.03. The van der Waals surface area contributed by atoms with Crippen LogP contribution in [0.25, 0.3) is 0 Å². The summed E-state index contributed by atoms with van der Waals surface area (Å²) < 4.78 is 0. The van der Waals surface area contributed by atoms with Crippen LogP contribution in [0.3, 0.4) is 0 Å². The highest BCUT2D eigenvalue weighted by atomic mass is 16.1. The van der Waals surface area contributed by atoms with E-state index >= 15 is 0 Å². The number of amides is 1. The van der Waals surface area contributed by atoms with Gasteiger partial charge in [0, 0.05) is 12.2 Å². The minimum atomic E-state index is -0.502. The van der Waals surface area contributed by atoms with E-state index in [1.165, 1.54) is 0 Å². The third-order valence-corrected chi connectivity index (χ3v) is 3.58. The van der Waals surface area contributed by atoms with Crippen LogP contribution in [0.15, 0.2) is 24.3 Å². The lowest BCUT2D eigenvalue weighted by Crippen LogP contribution is -2.24. The van der Waals surface area contributed by atoms with Crippen LogP contribution in [0, 0.1) is 17.2 Å². The van der Waals surface area contributed by atoms with Crippen molar-refractivity contribution in [1.82, 2.24) is 5.32 Å². The molecule has 1 saturated heterocycles. The normalized spacial score (nSPS) is 18.9. The molecule has 1 atom stereocenters. The SMILES string of the molecule is CC(C)(C#N)c1ccc(NC(=O)C2CCNC2)cc1. The number of rotatable bonds is 3. The van der Waals surface area contributed by atoms with Gasteiger partial charge >= 0.3 is 0 Å². The van der Waals surface area contributed by atoms with E-state index in [0.717, 1.165) is 30.8 Å². The molecule has 2 N–H and O–H groups in total. The molecule has 0 aromatic heterocycles. The van der Waals surface area contributed by atoms with Gasteiger partial charge in [-0.15, -0.1) is 0 Å². The molecule has 4 nitrogen and oxygen atoms in total. The largest absolute Gasteiger partial charge is 0.326 e. The fourth-order valence-corrected chi connectivity index (χ4v) is 2.16. The molecule has 0 aliphatic carbocycles. The van der Waals surface area contributed by atoms with Gasteiger partial charge in [0.05, 0.1) is 17.4 Å². The molecule has 1 unspecified atom stereocenters. The Morgan fingerprint density at radius 2 is 2.11 bits per heavy atom. The summed E-state index contributed by atoms with van der Waals surface area (Å²) in [6.07, 6.45) is 0.894. The van der Waals surface area contributed by atoms with E-state index < -0.39 is 5.41 Å². The monoisotopic (exact) mass is 257 g/mol. The van der Waals surface area contributed by atoms with Crippen LogP contribution in [-0.4, -0.2) is 19.0 Å². The molecule has 1 heterocycles. The van der Waals surface area contributed by atoms with E-state index in [1.807, 2.05) is 38.1 Å². The molecule has 0 spiro atoms. The van der Waals surface area contributed by atoms with Crippen molar-refractivity contribution >= 4 is 11.6 Å². The van der Waals surface area contributed by atoms with Crippen molar-refractivity contribution in [3.8, 4) is 6.07 Å². The molecule has 100 valence electrons. The summed E-state index contributed by atoms with van der Waals surface area (Å²) in [6, 6.07) is 9.77. The van der Waals surface area contributed by atoms with Gasteiger partial charge in [-0.2, -0.15) is 5.26 Å². The zero-order chi connectivity index (χ0) is 13.9. The number of hydrogen-bond acceptors (Lipinski definition) is 3. The maximum atomic E-state index is 11.9. The molecule has 1 aromatic carbocycles. The lowest BCUT2D eigenvalue weighted by Gasteiger charge is -2.16. The molecule has 1 aromatic rings. The second-order valence-electron chi connectivity index (χ2n) is 5.49. The van der Waals surface area contributed by atoms with Crippen LogP contribution in [0.5, 0.6) is 0 Å². The van der Waals surface area contributed by atoms with Crippen molar-refractivity contribution in [2.45, 2.75) is 25.7 Å². The Balaban J connectivity index is 2.03. The van der Waals surface area contributed by atoms with E-state index in [-0.39, 0.29) is 11.8 Å². The topological polar surface area (TPSA) is 64.9 Å². The fourth-order valence-electron chi connectivity index (χ4n) is 2.16. The van der Waals surface area contributed by atoms with Gasteiger partial charge < -0.3 is 10.6 Å². The van der Waals surface area contributed by atoms with Crippen LogP contribution in [-0.2, 0) is 10.2 Å². The summed E-state index contributed by atoms with van der Waals surface area (Å²) in [4.78, 5) is 11.9. The minimum Gasteiger partial charge on any atom is -0.326 e. The third kappa shape index (κ3) is 3.12. The predicted octanol–water partition coefficient (Wildman–Crippen LogP) is 2.04. The number of carbonyl (C=O) groups excluding carboxylic acids is 1. The molecular weight excluding hydrogens is 238 g/mol. The van der Waals surface area contributed by atoms with E-state index in [4.69, 9.17) is 5.26 Å². The van der Waals surface area contributed by atoms with Gasteiger partial charge in [-0.1, -0.05) is 12.1 Å². The smallest absolute Gasteiger partial charge is 0.228 e. The summed E-state index contributed by atoms with van der Waals surface area (Å²) in [5, 5.41) is 15.2. The van der Waals surface area contributed by atoms with Crippen LogP contribution in [0.1, 0.15) is 25.8 Å². The number of nitrogens with one attached hydrogen (secondary N) is 2. The molecule has 0 radical (unpaired) electrons. The highest BCUT2D eigenvalue weighted by molar-refractivity contribution is 5.92. The average molecular weight is 257 g/mol. The molecule has 0 bridgehead atoms. The van der Waals surface area contributed by atoms with Gasteiger partial charge in [0.2, 0.25) is 5.91 Å². The van der Waals surface area contributed by atoms with Crippen LogP contribution >= 0.6 is 0 Å². The summed E-state index contributed by atoms with van der Waals surface area (Å²) in [5.41, 5.74) is 1.24. The zero-order valence-electron chi connectivity index (χ0n) is 11.4. The maximum absolute atomic E-state index is 11.9. The van der Waals surface area contributed by atoms with Crippen LogP contribution in [0.2, 0.25) is 0 Å². The van der Waals surface area contributed by atoms with Gasteiger partial charge in [0.15, 0.2) is 0 Å². The highest BCUT2D eigenvalue weighted by Gasteiger charge is 2.23. The highest BCUT2D eigenvalue weighted by Crippen LogP contribution is 2.23. The van der Waals surface area contributed by atoms with Crippen molar-refractivity contribution in [3.63, 3.8) is 0 Å². The Hall–Kier alpha value is -1.86. The van der Waals surface area contributed by atoms with E-state index in [0.29, 0.717) is 0 Å². The van der Waals surface area contributed by atoms with Crippen molar-refractivity contribution in [2.75, 3.05) is 18.4 Å². The first-order valence-electron chi connectivity index (χ1n) is 6.56. The van der Waals surface area contributed by atoms with E-state index in [9.17, 15) is 4.79 Å². The van der Waals surface area contributed by atoms with Crippen molar-refractivity contribution in [3.05, 3.63) is 29.8 Å². The quantitative estimate of drug-likeness (QED) is 0.871. The van der Waals surface area contributed by atoms with Crippen molar-refractivity contribution < 1.29 is 4.79 Å². The lowest BCUT2D eigenvalue weighted by atomic mass is 9.86. The Morgan fingerprint density at radius 1 is 1.42 bits per heavy atom. The number of benzene rings is 1. The maximum Gasteiger partial charge on any atom is 0.228 e. The number of carbonyl (C=O) groups is 1. The minimum absolute atomic E-state index is 0.0650. The van der Waals surface area contributed by atoms with Gasteiger partial charge in [0.25, 0.3) is 0 Å². The third-order valence-electron chi connectivity index (χ3n) is 3.58. The fraction of sp³-hybridized carbons (Fsp3) is 0.467. The Morgan fingerprint density at radius 3 is 2.63 bits per heavy atom. The molecule has 1 amide bonds. The number of anilines is 1. The second-order valence-corrected chi connectivity index (χ2v) is 5.49. The van der Waals surface area contributed by atoms with Gasteiger partial charge in [-0.25, -0.2) is 0 Å². The zero-order valence-corrected chi connectivity index (χ0v) is 11.4. The number of nitrogens with zero attached hydrogens (tertiary/aromatic N) is 1. The van der Waals surface area contributed by atoms with Gasteiger partial charge in [0.1, 0.15) is 0 Å². The second kappa shape index (κ2) is 5.41. The Bertz CT molecular complexity index is 493. The Labute approximate surface area is 113 Å². The van der Waals surface area contributed by atoms with E-state index in [2.05, 4.69) is 16.7 Å². The van der Waals surface area contributed by atoms with E-state index in [1.54, 1.807) is 0 Å². The average Bonchev–Trinajstić information content (AvgIpc) is 2.93. The molecule has 4 heteroatoms. The molecule has 2 rings (SSSR count). The molecule has 1 aliphatic rings. The first kappa shape index (κ1) is 13.6. The summed E-state index contributed by atoms with van der Waals surface area (Å²) in [6.45, 7) is 5.42. The van der Waals surface area contributed by atoms with Gasteiger partial charge in [-0.3, -0.25) is 4.79 Å². The first-order valence-corrected chi connectivity index (χ1v) is 6.56. The number of nitriles is 1. The van der Waals surface area contributed by atoms with Crippen molar-refractivity contribution in [2.24, 2.45) is 5.92 Å². The molecule has 1 aliphatic heterocycles. The standard InChI is InChI=1S/C15H19N3O/c1-15(2,10-16)12-3-5-13(6-4-12)18-14(19)11-7-8-17-9-11/h3-6,11,17H,7-9H2,1-2H3,(H,18,19). The van der Waals surface area contributed by atoms with Crippen LogP contribution in [0.4, 0.5) is 5.69 Å². The summed E-state index contributed by atoms with van der Waals surface area (Å²) >= 11 is 0. The molecule has 1 fully saturated rings. The van der Waals surface area contributed by atoms with Gasteiger partial charge in [-0.05, 0) is 44.5 Å². The van der Waals surface area contributed by atoms with Crippen LogP contribution < -0.4 is 10.6 Å². The molecular formula is C15H19N3O.